The molecule has 1 unspecified atom stereocenters. The second kappa shape index (κ2) is 7.21. The minimum atomic E-state index is -1.12. The second-order valence-electron chi connectivity index (χ2n) is 7.68. The van der Waals surface area contributed by atoms with E-state index in [2.05, 4.69) is 0 Å². The third-order valence-corrected chi connectivity index (χ3v) is 2.88. The molecular formula is C18H27NO5. The van der Waals surface area contributed by atoms with E-state index in [-0.39, 0.29) is 12.0 Å². The zero-order chi connectivity index (χ0) is 18.7. The lowest BCUT2D eigenvalue weighted by Crippen LogP contribution is -2.33. The molecule has 0 heterocycles. The van der Waals surface area contributed by atoms with Crippen molar-refractivity contribution in [1.82, 2.24) is 0 Å². The van der Waals surface area contributed by atoms with E-state index < -0.39 is 29.2 Å². The van der Waals surface area contributed by atoms with E-state index in [4.69, 9.17) is 20.3 Å². The van der Waals surface area contributed by atoms with Crippen LogP contribution in [0.2, 0.25) is 0 Å². The standard InChI is InChI=1S/C18H27NO5/c1-17(2,3)23-12-8-7-11(9-14(19)15(20)21)13(10-12)16(22)24-18(4,5)6/h7-8,10,14H,9,19H2,1-6H3,(H,20,21). The summed E-state index contributed by atoms with van der Waals surface area (Å²) in [6.45, 7) is 11.0. The van der Waals surface area contributed by atoms with Gasteiger partial charge in [-0.25, -0.2) is 4.79 Å². The fraction of sp³-hybridized carbons (Fsp3) is 0.556. The summed E-state index contributed by atoms with van der Waals surface area (Å²) in [4.78, 5) is 23.5. The smallest absolute Gasteiger partial charge is 0.339 e. The number of esters is 1. The van der Waals surface area contributed by atoms with Gasteiger partial charge >= 0.3 is 11.9 Å². The van der Waals surface area contributed by atoms with Crippen LogP contribution in [-0.2, 0) is 16.0 Å². The molecule has 1 rings (SSSR count). The summed E-state index contributed by atoms with van der Waals surface area (Å²) in [7, 11) is 0. The van der Waals surface area contributed by atoms with Gasteiger partial charge in [0.25, 0.3) is 0 Å². The first kappa shape index (κ1) is 20.0. The Labute approximate surface area is 142 Å². The Kier molecular flexibility index (Phi) is 6.00. The molecule has 0 aliphatic rings. The first-order valence-electron chi connectivity index (χ1n) is 7.82. The number of hydrogen-bond acceptors (Lipinski definition) is 5. The molecule has 6 nitrogen and oxygen atoms in total. The molecule has 134 valence electrons. The SMILES string of the molecule is CC(C)(C)OC(=O)c1cc(OC(C)(C)C)ccc1CC(N)C(=O)O. The molecule has 24 heavy (non-hydrogen) atoms. The van der Waals surface area contributed by atoms with Gasteiger partial charge in [0.1, 0.15) is 23.0 Å². The number of nitrogens with two attached hydrogens (primary N) is 1. The average Bonchev–Trinajstić information content (AvgIpc) is 2.36. The van der Waals surface area contributed by atoms with E-state index >= 15 is 0 Å². The average molecular weight is 337 g/mol. The maximum Gasteiger partial charge on any atom is 0.339 e. The van der Waals surface area contributed by atoms with E-state index in [1.807, 2.05) is 20.8 Å². The van der Waals surface area contributed by atoms with Gasteiger partial charge in [0.2, 0.25) is 0 Å². The number of carbonyl (C=O) groups is 2. The lowest BCUT2D eigenvalue weighted by molar-refractivity contribution is -0.138. The molecule has 6 heteroatoms. The molecule has 0 amide bonds. The zero-order valence-electron chi connectivity index (χ0n) is 15.2. The van der Waals surface area contributed by atoms with E-state index in [1.165, 1.54) is 0 Å². The van der Waals surface area contributed by atoms with Gasteiger partial charge in [-0.05, 0) is 65.7 Å². The quantitative estimate of drug-likeness (QED) is 0.802. The van der Waals surface area contributed by atoms with Crippen LogP contribution in [0.3, 0.4) is 0 Å². The molecule has 1 aromatic carbocycles. The number of rotatable bonds is 5. The van der Waals surface area contributed by atoms with E-state index in [0.717, 1.165) is 0 Å². The molecule has 0 aliphatic heterocycles. The van der Waals surface area contributed by atoms with Crippen LogP contribution in [0, 0.1) is 0 Å². The normalized spacial score (nSPS) is 13.3. The maximum atomic E-state index is 12.5. The fourth-order valence-electron chi connectivity index (χ4n) is 2.00. The predicted molar refractivity (Wildman–Crippen MR) is 91.3 cm³/mol. The van der Waals surface area contributed by atoms with Crippen molar-refractivity contribution in [2.24, 2.45) is 5.73 Å². The summed E-state index contributed by atoms with van der Waals surface area (Å²) in [5, 5.41) is 9.00. The largest absolute Gasteiger partial charge is 0.488 e. The topological polar surface area (TPSA) is 98.9 Å². The molecule has 0 aliphatic carbocycles. The second-order valence-corrected chi connectivity index (χ2v) is 7.68. The Morgan fingerprint density at radius 1 is 1.12 bits per heavy atom. The Balaban J connectivity index is 3.22. The highest BCUT2D eigenvalue weighted by Crippen LogP contribution is 2.25. The van der Waals surface area contributed by atoms with Crippen LogP contribution in [0.1, 0.15) is 57.5 Å². The Morgan fingerprint density at radius 3 is 2.17 bits per heavy atom. The summed E-state index contributed by atoms with van der Waals surface area (Å²) in [6.07, 6.45) is 0.0275. The number of benzene rings is 1. The molecule has 0 bridgehead atoms. The molecule has 3 N–H and O–H groups in total. The van der Waals surface area contributed by atoms with Gasteiger partial charge < -0.3 is 20.3 Å². The van der Waals surface area contributed by atoms with Crippen LogP contribution in [0.15, 0.2) is 18.2 Å². The maximum absolute atomic E-state index is 12.5. The Morgan fingerprint density at radius 2 is 1.71 bits per heavy atom. The predicted octanol–water partition coefficient (Wildman–Crippen LogP) is 2.77. The monoisotopic (exact) mass is 337 g/mol. The minimum Gasteiger partial charge on any atom is -0.488 e. The number of ether oxygens (including phenoxy) is 2. The summed E-state index contributed by atoms with van der Waals surface area (Å²) in [6, 6.07) is 3.83. The number of carboxylic acids is 1. The molecule has 0 saturated carbocycles. The zero-order valence-corrected chi connectivity index (χ0v) is 15.2. The van der Waals surface area contributed by atoms with Crippen LogP contribution < -0.4 is 10.5 Å². The number of hydrogen-bond donors (Lipinski definition) is 2. The lowest BCUT2D eigenvalue weighted by Gasteiger charge is -2.24. The number of carboxylic acid groups (broad SMARTS) is 1. The Hall–Kier alpha value is -2.08. The third kappa shape index (κ3) is 6.58. The van der Waals surface area contributed by atoms with Crippen molar-refractivity contribution in [1.29, 1.82) is 0 Å². The number of aliphatic carboxylic acids is 1. The summed E-state index contributed by atoms with van der Waals surface area (Å²) in [5.41, 5.74) is 5.29. The Bertz CT molecular complexity index is 611. The van der Waals surface area contributed by atoms with Crippen molar-refractivity contribution in [3.8, 4) is 5.75 Å². The van der Waals surface area contributed by atoms with Crippen LogP contribution in [0.4, 0.5) is 0 Å². The van der Waals surface area contributed by atoms with Gasteiger partial charge in [0.05, 0.1) is 5.56 Å². The van der Waals surface area contributed by atoms with Gasteiger partial charge in [0, 0.05) is 0 Å². The van der Waals surface area contributed by atoms with Crippen LogP contribution in [0.5, 0.6) is 5.75 Å². The highest BCUT2D eigenvalue weighted by atomic mass is 16.6. The van der Waals surface area contributed by atoms with Gasteiger partial charge in [-0.1, -0.05) is 6.07 Å². The van der Waals surface area contributed by atoms with Crippen molar-refractivity contribution in [2.75, 3.05) is 0 Å². The molecule has 1 aromatic rings. The van der Waals surface area contributed by atoms with Gasteiger partial charge in [0.15, 0.2) is 0 Å². The van der Waals surface area contributed by atoms with Crippen molar-refractivity contribution in [3.63, 3.8) is 0 Å². The summed E-state index contributed by atoms with van der Waals surface area (Å²) < 4.78 is 11.2. The van der Waals surface area contributed by atoms with Crippen LogP contribution in [0.25, 0.3) is 0 Å². The molecule has 0 spiro atoms. The van der Waals surface area contributed by atoms with Crippen molar-refractivity contribution >= 4 is 11.9 Å². The summed E-state index contributed by atoms with van der Waals surface area (Å²) in [5.74, 6) is -1.15. The van der Waals surface area contributed by atoms with Crippen LogP contribution in [-0.4, -0.2) is 34.3 Å². The van der Waals surface area contributed by atoms with Gasteiger partial charge in [-0.2, -0.15) is 0 Å². The molecular weight excluding hydrogens is 310 g/mol. The van der Waals surface area contributed by atoms with Gasteiger partial charge in [-0.15, -0.1) is 0 Å². The highest BCUT2D eigenvalue weighted by molar-refractivity contribution is 5.92. The third-order valence-electron chi connectivity index (χ3n) is 2.88. The molecule has 0 saturated heterocycles. The molecule has 0 radical (unpaired) electrons. The summed E-state index contributed by atoms with van der Waals surface area (Å²) >= 11 is 0. The van der Waals surface area contributed by atoms with E-state index in [1.54, 1.807) is 39.0 Å². The first-order valence-corrected chi connectivity index (χ1v) is 7.82. The highest BCUT2D eigenvalue weighted by Gasteiger charge is 2.24. The molecule has 0 fully saturated rings. The van der Waals surface area contributed by atoms with E-state index in [9.17, 15) is 9.59 Å². The van der Waals surface area contributed by atoms with Crippen molar-refractivity contribution < 1.29 is 24.2 Å². The minimum absolute atomic E-state index is 0.0275. The van der Waals surface area contributed by atoms with Crippen molar-refractivity contribution in [3.05, 3.63) is 29.3 Å². The fourth-order valence-corrected chi connectivity index (χ4v) is 2.00. The lowest BCUT2D eigenvalue weighted by atomic mass is 9.99. The number of carbonyl (C=O) groups excluding carboxylic acids is 1. The van der Waals surface area contributed by atoms with Gasteiger partial charge in [-0.3, -0.25) is 4.79 Å². The molecule has 1 atom stereocenters. The first-order chi connectivity index (χ1) is 10.8. The van der Waals surface area contributed by atoms with Crippen LogP contribution >= 0.6 is 0 Å². The molecule has 0 aromatic heterocycles. The van der Waals surface area contributed by atoms with Crippen molar-refractivity contribution in [2.45, 2.75) is 65.2 Å². The van der Waals surface area contributed by atoms with E-state index in [0.29, 0.717) is 11.3 Å².